The van der Waals surface area contributed by atoms with Crippen LogP contribution in [0.2, 0.25) is 0 Å². The minimum Gasteiger partial charge on any atom is -0.314 e. The summed E-state index contributed by atoms with van der Waals surface area (Å²) < 4.78 is 0. The summed E-state index contributed by atoms with van der Waals surface area (Å²) in [5.41, 5.74) is 5.82. The molecular weight excluding hydrogens is 350 g/mol. The fourth-order valence-corrected chi connectivity index (χ4v) is 4.53. The molecule has 2 aliphatic rings. The quantitative estimate of drug-likeness (QED) is 0.798. The van der Waals surface area contributed by atoms with Gasteiger partial charge in [0.2, 0.25) is 0 Å². The molecule has 28 heavy (non-hydrogen) atoms. The fraction of sp³-hybridized carbons (Fsp3) is 0.545. The van der Waals surface area contributed by atoms with Gasteiger partial charge in [0, 0.05) is 35.3 Å². The van der Waals surface area contributed by atoms with E-state index in [-0.39, 0.29) is 23.5 Å². The number of pyridine rings is 1. The molecule has 0 aromatic carbocycles. The van der Waals surface area contributed by atoms with Crippen LogP contribution >= 0.6 is 0 Å². The molecule has 148 valence electrons. The lowest BCUT2D eigenvalue weighted by molar-refractivity contribution is 0.178. The highest BCUT2D eigenvalue weighted by Gasteiger charge is 2.44. The first kappa shape index (κ1) is 18.8. The normalized spacial score (nSPS) is 20.9. The molecule has 2 bridgehead atoms. The van der Waals surface area contributed by atoms with Gasteiger partial charge in [-0.25, -0.2) is 14.8 Å². The average molecular weight is 380 g/mol. The number of carbonyl (C=O) groups excluding carboxylic acids is 1. The summed E-state index contributed by atoms with van der Waals surface area (Å²) in [5.74, 6) is 0.875. The molecule has 4 heterocycles. The number of nitrogens with one attached hydrogen (secondary N) is 1. The maximum atomic E-state index is 13.2. The summed E-state index contributed by atoms with van der Waals surface area (Å²) in [4.78, 5) is 29.2. The van der Waals surface area contributed by atoms with Crippen molar-refractivity contribution in [1.82, 2.24) is 19.9 Å². The van der Waals surface area contributed by atoms with E-state index in [0.29, 0.717) is 0 Å². The molecule has 2 aliphatic heterocycles. The van der Waals surface area contributed by atoms with Crippen LogP contribution in [0.4, 0.5) is 10.5 Å². The summed E-state index contributed by atoms with van der Waals surface area (Å²) in [6, 6.07) is 2.21. The maximum absolute atomic E-state index is 13.2. The first-order valence-electron chi connectivity index (χ1n) is 10.1. The third kappa shape index (κ3) is 3.15. The molecule has 2 aromatic rings. The highest BCUT2D eigenvalue weighted by atomic mass is 16.2. The highest BCUT2D eigenvalue weighted by molar-refractivity contribution is 5.91. The Balaban J connectivity index is 1.62. The fourth-order valence-electron chi connectivity index (χ4n) is 4.53. The highest BCUT2D eigenvalue weighted by Crippen LogP contribution is 2.43. The van der Waals surface area contributed by atoms with Gasteiger partial charge in [-0.15, -0.1) is 0 Å². The zero-order chi connectivity index (χ0) is 20.2. The van der Waals surface area contributed by atoms with Crippen LogP contribution in [-0.4, -0.2) is 31.9 Å². The van der Waals surface area contributed by atoms with E-state index in [9.17, 15) is 4.79 Å². The molecule has 0 aliphatic carbocycles. The molecule has 2 amide bonds. The van der Waals surface area contributed by atoms with Gasteiger partial charge in [0.25, 0.3) is 0 Å². The molecule has 0 spiro atoms. The van der Waals surface area contributed by atoms with Crippen molar-refractivity contribution >= 4 is 11.7 Å². The number of hydrogen-bond acceptors (Lipinski definition) is 4. The Morgan fingerprint density at radius 1 is 1.18 bits per heavy atom. The van der Waals surface area contributed by atoms with Crippen molar-refractivity contribution in [2.24, 2.45) is 0 Å². The minimum atomic E-state index is -0.0733. The predicted octanol–water partition coefficient (Wildman–Crippen LogP) is 4.39. The third-order valence-electron chi connectivity index (χ3n) is 5.85. The third-order valence-corrected chi connectivity index (χ3v) is 5.85. The van der Waals surface area contributed by atoms with Gasteiger partial charge in [-0.05, 0) is 45.2 Å². The van der Waals surface area contributed by atoms with E-state index in [4.69, 9.17) is 4.98 Å². The number of aromatic nitrogens is 3. The van der Waals surface area contributed by atoms with Crippen LogP contribution in [0.3, 0.4) is 0 Å². The average Bonchev–Trinajstić information content (AvgIpc) is 2.92. The number of urea groups is 1. The summed E-state index contributed by atoms with van der Waals surface area (Å²) >= 11 is 0. The molecule has 2 atom stereocenters. The molecule has 1 fully saturated rings. The number of hydrogen-bond donors (Lipinski definition) is 1. The van der Waals surface area contributed by atoms with Gasteiger partial charge in [-0.2, -0.15) is 0 Å². The molecule has 6 heteroatoms. The lowest BCUT2D eigenvalue weighted by Gasteiger charge is -2.36. The molecule has 1 N–H and O–H groups in total. The van der Waals surface area contributed by atoms with Crippen LogP contribution in [0, 0.1) is 20.8 Å². The van der Waals surface area contributed by atoms with E-state index in [1.165, 1.54) is 0 Å². The standard InChI is InChI=1S/C22H29N5O/c1-12-9-13(2)24-14(3)19(12)26-21(28)27-15-7-8-18(27)16-11-23-20(22(4,5)6)25-17(16)10-15/h9,11,15,18H,7-8,10H2,1-6H3,(H,26,28). The number of aryl methyl sites for hydroxylation is 3. The van der Waals surface area contributed by atoms with Crippen molar-refractivity contribution in [3.8, 4) is 0 Å². The Labute approximate surface area is 166 Å². The summed E-state index contributed by atoms with van der Waals surface area (Å²) in [6.45, 7) is 12.3. The van der Waals surface area contributed by atoms with Gasteiger partial charge < -0.3 is 10.2 Å². The van der Waals surface area contributed by atoms with E-state index < -0.39 is 0 Å². The molecule has 2 unspecified atom stereocenters. The number of nitrogens with zero attached hydrogens (tertiary/aromatic N) is 4. The second-order valence-corrected chi connectivity index (χ2v) is 9.18. The van der Waals surface area contributed by atoms with Gasteiger partial charge in [0.1, 0.15) is 5.82 Å². The summed E-state index contributed by atoms with van der Waals surface area (Å²) in [6.07, 6.45) is 4.71. The predicted molar refractivity (Wildman–Crippen MR) is 110 cm³/mol. The maximum Gasteiger partial charge on any atom is 0.322 e. The molecule has 2 aromatic heterocycles. The van der Waals surface area contributed by atoms with Crippen molar-refractivity contribution in [2.75, 3.05) is 5.32 Å². The second kappa shape index (κ2) is 6.54. The van der Waals surface area contributed by atoms with Crippen molar-refractivity contribution in [2.45, 2.75) is 78.3 Å². The number of anilines is 1. The Morgan fingerprint density at radius 2 is 1.93 bits per heavy atom. The van der Waals surface area contributed by atoms with Crippen LogP contribution in [0.1, 0.15) is 73.7 Å². The summed E-state index contributed by atoms with van der Waals surface area (Å²) in [5, 5.41) is 3.13. The number of rotatable bonds is 1. The van der Waals surface area contributed by atoms with E-state index in [0.717, 1.165) is 59.0 Å². The molecule has 4 rings (SSSR count). The Morgan fingerprint density at radius 3 is 2.61 bits per heavy atom. The van der Waals surface area contributed by atoms with Crippen LogP contribution < -0.4 is 5.32 Å². The van der Waals surface area contributed by atoms with Gasteiger partial charge in [-0.3, -0.25) is 4.98 Å². The van der Waals surface area contributed by atoms with Crippen LogP contribution in [0.5, 0.6) is 0 Å². The van der Waals surface area contributed by atoms with E-state index in [2.05, 4.69) is 36.1 Å². The number of fused-ring (bicyclic) bond motifs is 4. The van der Waals surface area contributed by atoms with Crippen LogP contribution in [0.25, 0.3) is 0 Å². The zero-order valence-electron chi connectivity index (χ0n) is 17.6. The Kier molecular flexibility index (Phi) is 4.40. The van der Waals surface area contributed by atoms with E-state index in [1.807, 2.05) is 37.9 Å². The van der Waals surface area contributed by atoms with Crippen LogP contribution in [-0.2, 0) is 11.8 Å². The van der Waals surface area contributed by atoms with Crippen molar-refractivity contribution < 1.29 is 4.79 Å². The van der Waals surface area contributed by atoms with Crippen LogP contribution in [0.15, 0.2) is 12.3 Å². The summed E-state index contributed by atoms with van der Waals surface area (Å²) in [7, 11) is 0. The first-order chi connectivity index (χ1) is 13.1. The van der Waals surface area contributed by atoms with Gasteiger partial charge in [-0.1, -0.05) is 20.8 Å². The van der Waals surface area contributed by atoms with Gasteiger partial charge in [0.05, 0.1) is 23.1 Å². The molecule has 0 radical (unpaired) electrons. The Hall–Kier alpha value is -2.50. The number of carbonyl (C=O) groups is 1. The zero-order valence-corrected chi connectivity index (χ0v) is 17.6. The lowest BCUT2D eigenvalue weighted by Crippen LogP contribution is -2.45. The monoisotopic (exact) mass is 379 g/mol. The SMILES string of the molecule is Cc1cc(C)c(NC(=O)N2C3CCC2c2cnc(C(C)(C)C)nc2C3)c(C)n1. The van der Waals surface area contributed by atoms with Crippen molar-refractivity contribution in [1.29, 1.82) is 0 Å². The van der Waals surface area contributed by atoms with Gasteiger partial charge >= 0.3 is 6.03 Å². The molecule has 6 nitrogen and oxygen atoms in total. The Bertz CT molecular complexity index is 923. The molecule has 1 saturated heterocycles. The smallest absolute Gasteiger partial charge is 0.314 e. The first-order valence-corrected chi connectivity index (χ1v) is 10.1. The molecule has 0 saturated carbocycles. The van der Waals surface area contributed by atoms with Crippen molar-refractivity contribution in [3.63, 3.8) is 0 Å². The minimum absolute atomic E-state index is 0.0464. The van der Waals surface area contributed by atoms with Crippen molar-refractivity contribution in [3.05, 3.63) is 46.3 Å². The van der Waals surface area contributed by atoms with E-state index in [1.54, 1.807) is 0 Å². The number of amides is 2. The topological polar surface area (TPSA) is 71.0 Å². The van der Waals surface area contributed by atoms with E-state index >= 15 is 0 Å². The second-order valence-electron chi connectivity index (χ2n) is 9.18. The molecular formula is C22H29N5O. The lowest BCUT2D eigenvalue weighted by atomic mass is 9.93. The largest absolute Gasteiger partial charge is 0.322 e. The van der Waals surface area contributed by atoms with Gasteiger partial charge in [0.15, 0.2) is 0 Å².